The lowest BCUT2D eigenvalue weighted by Crippen LogP contribution is -2.35. The first kappa shape index (κ1) is 21.5. The Kier molecular flexibility index (Phi) is 6.77. The number of nitrogens with one attached hydrogen (secondary N) is 1. The van der Waals surface area contributed by atoms with Gasteiger partial charge >= 0.3 is 0 Å². The minimum absolute atomic E-state index is 0.0105. The molecule has 0 saturated carbocycles. The molecule has 1 fully saturated rings. The number of carbonyl (C=O) groups is 1. The fourth-order valence-corrected chi connectivity index (χ4v) is 5.20. The van der Waals surface area contributed by atoms with Gasteiger partial charge in [-0.2, -0.15) is 4.31 Å². The van der Waals surface area contributed by atoms with Crippen molar-refractivity contribution in [1.29, 1.82) is 0 Å². The van der Waals surface area contributed by atoms with Gasteiger partial charge in [0.1, 0.15) is 16.5 Å². The van der Waals surface area contributed by atoms with Crippen molar-refractivity contribution < 1.29 is 22.3 Å². The molecule has 6 nitrogen and oxygen atoms in total. The molecular weight excluding hydrogens is 419 g/mol. The number of amides is 1. The zero-order chi connectivity index (χ0) is 21.0. The summed E-state index contributed by atoms with van der Waals surface area (Å²) in [5.74, 6) is -0.884. The molecule has 29 heavy (non-hydrogen) atoms. The molecular formula is C20H22ClFN2O4S. The molecule has 2 aromatic rings. The van der Waals surface area contributed by atoms with Crippen LogP contribution in [0.3, 0.4) is 0 Å². The Balaban J connectivity index is 1.84. The van der Waals surface area contributed by atoms with Crippen LogP contribution in [0, 0.1) is 5.82 Å². The van der Waals surface area contributed by atoms with Crippen LogP contribution in [0.4, 0.5) is 10.1 Å². The summed E-state index contributed by atoms with van der Waals surface area (Å²) in [4.78, 5) is 12.4. The van der Waals surface area contributed by atoms with Crippen molar-refractivity contribution in [3.8, 4) is 5.75 Å². The summed E-state index contributed by atoms with van der Waals surface area (Å²) in [6.45, 7) is 0.904. The molecule has 2 aromatic carbocycles. The average molecular weight is 441 g/mol. The number of hydrogen-bond acceptors (Lipinski definition) is 4. The van der Waals surface area contributed by atoms with Crippen molar-refractivity contribution in [2.45, 2.75) is 30.6 Å². The predicted molar refractivity (Wildman–Crippen MR) is 109 cm³/mol. The number of benzene rings is 2. The van der Waals surface area contributed by atoms with Gasteiger partial charge < -0.3 is 10.1 Å². The van der Waals surface area contributed by atoms with Gasteiger partial charge in [-0.15, -0.1) is 0 Å². The number of halogens is 2. The van der Waals surface area contributed by atoms with Crippen LogP contribution >= 0.6 is 11.6 Å². The lowest BCUT2D eigenvalue weighted by atomic mass is 10.1. The monoisotopic (exact) mass is 440 g/mol. The molecule has 9 heteroatoms. The third-order valence-electron chi connectivity index (χ3n) is 4.78. The van der Waals surface area contributed by atoms with E-state index in [1.165, 1.54) is 47.8 Å². The van der Waals surface area contributed by atoms with E-state index in [-0.39, 0.29) is 33.3 Å². The first-order valence-corrected chi connectivity index (χ1v) is 11.1. The molecule has 1 N–H and O–H groups in total. The van der Waals surface area contributed by atoms with Crippen LogP contribution in [0.5, 0.6) is 5.75 Å². The molecule has 156 valence electrons. The molecule has 0 aromatic heterocycles. The Morgan fingerprint density at radius 2 is 1.93 bits per heavy atom. The number of sulfonamides is 1. The Morgan fingerprint density at radius 3 is 2.59 bits per heavy atom. The van der Waals surface area contributed by atoms with Crippen molar-refractivity contribution in [3.05, 3.63) is 52.8 Å². The van der Waals surface area contributed by atoms with E-state index in [1.54, 1.807) is 0 Å². The van der Waals surface area contributed by atoms with Gasteiger partial charge in [0.2, 0.25) is 15.9 Å². The second-order valence-electron chi connectivity index (χ2n) is 6.76. The van der Waals surface area contributed by atoms with Crippen molar-refractivity contribution in [2.75, 3.05) is 25.5 Å². The molecule has 0 bridgehead atoms. The van der Waals surface area contributed by atoms with Crippen molar-refractivity contribution in [1.82, 2.24) is 4.31 Å². The van der Waals surface area contributed by atoms with Gasteiger partial charge in [0.25, 0.3) is 0 Å². The molecule has 0 unspecified atom stereocenters. The highest BCUT2D eigenvalue weighted by Crippen LogP contribution is 2.31. The molecule has 1 aliphatic heterocycles. The summed E-state index contributed by atoms with van der Waals surface area (Å²) in [5.41, 5.74) is 0.361. The minimum atomic E-state index is -3.76. The quantitative estimate of drug-likeness (QED) is 0.740. The van der Waals surface area contributed by atoms with Crippen LogP contribution in [0.1, 0.15) is 24.8 Å². The second-order valence-corrected chi connectivity index (χ2v) is 9.07. The van der Waals surface area contributed by atoms with E-state index in [9.17, 15) is 17.6 Å². The van der Waals surface area contributed by atoms with Gasteiger partial charge in [-0.1, -0.05) is 24.1 Å². The van der Waals surface area contributed by atoms with Gasteiger partial charge in [0.05, 0.1) is 13.5 Å². The number of piperidine rings is 1. The molecule has 1 saturated heterocycles. The molecule has 1 amide bonds. The highest BCUT2D eigenvalue weighted by Gasteiger charge is 2.29. The third-order valence-corrected chi connectivity index (χ3v) is 7.05. The lowest BCUT2D eigenvalue weighted by Gasteiger charge is -2.26. The summed E-state index contributed by atoms with van der Waals surface area (Å²) in [6.07, 6.45) is 2.34. The van der Waals surface area contributed by atoms with Crippen LogP contribution in [0.15, 0.2) is 41.3 Å². The number of nitrogens with zero attached hydrogens (tertiary/aromatic N) is 1. The smallest absolute Gasteiger partial charge is 0.246 e. The van der Waals surface area contributed by atoms with E-state index < -0.39 is 21.7 Å². The maximum atomic E-state index is 13.9. The van der Waals surface area contributed by atoms with Gasteiger partial charge in [-0.05, 0) is 43.2 Å². The van der Waals surface area contributed by atoms with Crippen LogP contribution in [-0.4, -0.2) is 38.8 Å². The number of methoxy groups -OCH3 is 1. The maximum Gasteiger partial charge on any atom is 0.246 e. The van der Waals surface area contributed by atoms with E-state index in [2.05, 4.69) is 5.32 Å². The largest absolute Gasteiger partial charge is 0.495 e. The van der Waals surface area contributed by atoms with E-state index >= 15 is 0 Å². The molecule has 0 aliphatic carbocycles. The van der Waals surface area contributed by atoms with Crippen LogP contribution in [-0.2, 0) is 21.2 Å². The Morgan fingerprint density at radius 1 is 1.21 bits per heavy atom. The summed E-state index contributed by atoms with van der Waals surface area (Å²) >= 11 is 5.97. The van der Waals surface area contributed by atoms with Gasteiger partial charge in [-0.3, -0.25) is 4.79 Å². The standard InChI is InChI=1S/C20H22ClFN2O4S/c1-28-18-9-8-14(12-19(18)29(26,27)24-10-3-2-4-11-24)23-20(25)13-15-16(21)6-5-7-17(15)22/h5-9,12H,2-4,10-11,13H2,1H3,(H,23,25). The Labute approximate surface area is 174 Å². The van der Waals surface area contributed by atoms with E-state index in [1.807, 2.05) is 0 Å². The summed E-state index contributed by atoms with van der Waals surface area (Å²) < 4.78 is 46.7. The topological polar surface area (TPSA) is 75.7 Å². The highest BCUT2D eigenvalue weighted by atomic mass is 35.5. The van der Waals surface area contributed by atoms with E-state index in [0.29, 0.717) is 13.1 Å². The van der Waals surface area contributed by atoms with Gasteiger partial charge in [-0.25, -0.2) is 12.8 Å². The summed E-state index contributed by atoms with van der Waals surface area (Å²) in [5, 5.41) is 2.76. The molecule has 0 spiro atoms. The second kappa shape index (κ2) is 9.11. The van der Waals surface area contributed by atoms with Crippen LogP contribution in [0.2, 0.25) is 5.02 Å². The Bertz CT molecular complexity index is 987. The molecule has 0 atom stereocenters. The number of rotatable bonds is 6. The Hall–Kier alpha value is -2.16. The number of anilines is 1. The molecule has 1 heterocycles. The zero-order valence-electron chi connectivity index (χ0n) is 16.0. The minimum Gasteiger partial charge on any atom is -0.495 e. The average Bonchev–Trinajstić information content (AvgIpc) is 2.71. The number of ether oxygens (including phenoxy) is 1. The highest BCUT2D eigenvalue weighted by molar-refractivity contribution is 7.89. The summed E-state index contributed by atoms with van der Waals surface area (Å²) in [7, 11) is -2.37. The van der Waals surface area contributed by atoms with Crippen LogP contribution < -0.4 is 10.1 Å². The van der Waals surface area contributed by atoms with Crippen molar-refractivity contribution in [3.63, 3.8) is 0 Å². The van der Waals surface area contributed by atoms with Crippen molar-refractivity contribution >= 4 is 33.2 Å². The number of hydrogen-bond donors (Lipinski definition) is 1. The maximum absolute atomic E-state index is 13.9. The fourth-order valence-electron chi connectivity index (χ4n) is 3.27. The third kappa shape index (κ3) is 4.88. The summed E-state index contributed by atoms with van der Waals surface area (Å²) in [6, 6.07) is 8.58. The van der Waals surface area contributed by atoms with Gasteiger partial charge in [0.15, 0.2) is 0 Å². The molecule has 1 aliphatic rings. The number of carbonyl (C=O) groups excluding carboxylic acids is 1. The first-order valence-electron chi connectivity index (χ1n) is 9.24. The predicted octanol–water partition coefficient (Wildman–Crippen LogP) is 3.84. The SMILES string of the molecule is COc1ccc(NC(=O)Cc2c(F)cccc2Cl)cc1S(=O)(=O)N1CCCCC1. The van der Waals surface area contributed by atoms with E-state index in [0.717, 1.165) is 19.3 Å². The zero-order valence-corrected chi connectivity index (χ0v) is 17.5. The van der Waals surface area contributed by atoms with Gasteiger partial charge in [0, 0.05) is 29.4 Å². The lowest BCUT2D eigenvalue weighted by molar-refractivity contribution is -0.115. The fraction of sp³-hybridized carbons (Fsp3) is 0.350. The molecule has 0 radical (unpaired) electrons. The van der Waals surface area contributed by atoms with Crippen LogP contribution in [0.25, 0.3) is 0 Å². The first-order chi connectivity index (χ1) is 13.8. The van der Waals surface area contributed by atoms with E-state index in [4.69, 9.17) is 16.3 Å². The normalized spacial score (nSPS) is 15.1. The molecule has 3 rings (SSSR count). The van der Waals surface area contributed by atoms with Crippen molar-refractivity contribution in [2.24, 2.45) is 0 Å².